The predicted molar refractivity (Wildman–Crippen MR) is 79.1 cm³/mol. The molecule has 2 N–H and O–H groups in total. The molecule has 0 amide bonds. The van der Waals surface area contributed by atoms with Crippen molar-refractivity contribution >= 4 is 10.0 Å². The normalized spacial score (nSPS) is 19.0. The van der Waals surface area contributed by atoms with Crippen LogP contribution in [0.4, 0.5) is 0 Å². The van der Waals surface area contributed by atoms with E-state index in [-0.39, 0.29) is 5.92 Å². The fourth-order valence-electron chi connectivity index (χ4n) is 2.44. The van der Waals surface area contributed by atoms with Crippen molar-refractivity contribution in [1.82, 2.24) is 19.8 Å². The summed E-state index contributed by atoms with van der Waals surface area (Å²) in [4.78, 5) is 0.298. The molecule has 1 aliphatic heterocycles. The monoisotopic (exact) mass is 306 g/mol. The highest BCUT2D eigenvalue weighted by Crippen LogP contribution is 2.11. The van der Waals surface area contributed by atoms with E-state index in [1.165, 1.54) is 0 Å². The fraction of sp³-hybridized carbons (Fsp3) is 0.357. The molecule has 0 unspecified atom stereocenters. The van der Waals surface area contributed by atoms with Crippen molar-refractivity contribution in [2.24, 2.45) is 5.92 Å². The summed E-state index contributed by atoms with van der Waals surface area (Å²) in [6, 6.07) is 10.4. The molecule has 0 fully saturated rings. The van der Waals surface area contributed by atoms with Crippen LogP contribution >= 0.6 is 0 Å². The predicted octanol–water partition coefficient (Wildman–Crippen LogP) is 0.581. The Balaban J connectivity index is 1.65. The van der Waals surface area contributed by atoms with Gasteiger partial charge in [0.2, 0.25) is 10.0 Å². The molecule has 1 aromatic carbocycles. The topological polar surface area (TPSA) is 76.0 Å². The number of fused-ring (bicyclic) bond motifs is 1. The lowest BCUT2D eigenvalue weighted by Gasteiger charge is -2.15. The molecule has 6 nitrogen and oxygen atoms in total. The SMILES string of the molecule is O=S(=O)(NC[C@@H]1CNCc2ccnn2C1)c1ccccc1. The number of hydrogen-bond acceptors (Lipinski definition) is 4. The highest BCUT2D eigenvalue weighted by Gasteiger charge is 2.20. The number of sulfonamides is 1. The minimum absolute atomic E-state index is 0.171. The summed E-state index contributed by atoms with van der Waals surface area (Å²) in [5.74, 6) is 0.171. The first-order valence-corrected chi connectivity index (χ1v) is 8.39. The van der Waals surface area contributed by atoms with Gasteiger partial charge >= 0.3 is 0 Å². The molecule has 1 aromatic heterocycles. The van der Waals surface area contributed by atoms with E-state index in [4.69, 9.17) is 0 Å². The molecule has 1 atom stereocenters. The molecular weight excluding hydrogens is 288 g/mol. The first-order valence-electron chi connectivity index (χ1n) is 6.91. The second-order valence-electron chi connectivity index (χ2n) is 5.17. The summed E-state index contributed by atoms with van der Waals surface area (Å²) in [7, 11) is -3.44. The van der Waals surface area contributed by atoms with Crippen molar-refractivity contribution in [2.75, 3.05) is 13.1 Å². The van der Waals surface area contributed by atoms with E-state index in [2.05, 4.69) is 15.1 Å². The molecule has 0 radical (unpaired) electrons. The first-order chi connectivity index (χ1) is 10.1. The zero-order valence-corrected chi connectivity index (χ0v) is 12.4. The van der Waals surface area contributed by atoms with Crippen LogP contribution < -0.4 is 10.0 Å². The second-order valence-corrected chi connectivity index (χ2v) is 6.93. The van der Waals surface area contributed by atoms with Gasteiger partial charge in [0.05, 0.1) is 10.6 Å². The molecule has 3 rings (SSSR count). The summed E-state index contributed by atoms with van der Waals surface area (Å²) in [5, 5.41) is 7.59. The van der Waals surface area contributed by atoms with E-state index >= 15 is 0 Å². The summed E-state index contributed by atoms with van der Waals surface area (Å²) in [5.41, 5.74) is 1.13. The number of aromatic nitrogens is 2. The van der Waals surface area contributed by atoms with Gasteiger partial charge in [0, 0.05) is 38.3 Å². The lowest BCUT2D eigenvalue weighted by Crippen LogP contribution is -2.35. The fourth-order valence-corrected chi connectivity index (χ4v) is 3.57. The third-order valence-corrected chi connectivity index (χ3v) is 5.03. The minimum Gasteiger partial charge on any atom is -0.311 e. The summed E-state index contributed by atoms with van der Waals surface area (Å²) in [6.07, 6.45) is 1.77. The number of hydrogen-bond donors (Lipinski definition) is 2. The quantitative estimate of drug-likeness (QED) is 0.866. The molecule has 2 aromatic rings. The Bertz CT molecular complexity index is 697. The van der Waals surface area contributed by atoms with E-state index in [9.17, 15) is 8.42 Å². The number of benzene rings is 1. The van der Waals surface area contributed by atoms with E-state index < -0.39 is 10.0 Å². The Hall–Kier alpha value is -1.70. The van der Waals surface area contributed by atoms with Gasteiger partial charge in [-0.15, -0.1) is 0 Å². The van der Waals surface area contributed by atoms with Crippen LogP contribution in [0.15, 0.2) is 47.5 Å². The van der Waals surface area contributed by atoms with Crippen LogP contribution in [0.5, 0.6) is 0 Å². The number of nitrogens with zero attached hydrogens (tertiary/aromatic N) is 2. The van der Waals surface area contributed by atoms with Gasteiger partial charge in [-0.2, -0.15) is 5.10 Å². The zero-order valence-electron chi connectivity index (χ0n) is 11.6. The van der Waals surface area contributed by atoms with Gasteiger partial charge in [-0.1, -0.05) is 18.2 Å². The summed E-state index contributed by atoms with van der Waals surface area (Å²) in [6.45, 7) is 2.64. The maximum atomic E-state index is 12.2. The van der Waals surface area contributed by atoms with Crippen LogP contribution in [0.1, 0.15) is 5.69 Å². The van der Waals surface area contributed by atoms with Gasteiger partial charge in [0.15, 0.2) is 0 Å². The zero-order chi connectivity index (χ0) is 14.7. The molecule has 21 heavy (non-hydrogen) atoms. The van der Waals surface area contributed by atoms with E-state index in [0.29, 0.717) is 18.0 Å². The molecule has 2 heterocycles. The van der Waals surface area contributed by atoms with Gasteiger partial charge in [0.25, 0.3) is 0 Å². The van der Waals surface area contributed by atoms with E-state index in [0.717, 1.165) is 18.8 Å². The van der Waals surface area contributed by atoms with Crippen molar-refractivity contribution < 1.29 is 8.42 Å². The van der Waals surface area contributed by atoms with Gasteiger partial charge in [-0.05, 0) is 18.2 Å². The third-order valence-electron chi connectivity index (χ3n) is 3.59. The Morgan fingerprint density at radius 3 is 2.90 bits per heavy atom. The Kier molecular flexibility index (Phi) is 4.05. The van der Waals surface area contributed by atoms with Crippen LogP contribution in [0.2, 0.25) is 0 Å². The van der Waals surface area contributed by atoms with Crippen molar-refractivity contribution in [3.8, 4) is 0 Å². The van der Waals surface area contributed by atoms with Crippen LogP contribution in [-0.4, -0.2) is 31.3 Å². The molecule has 112 valence electrons. The van der Waals surface area contributed by atoms with Gasteiger partial charge < -0.3 is 5.32 Å². The highest BCUT2D eigenvalue weighted by atomic mass is 32.2. The van der Waals surface area contributed by atoms with Gasteiger partial charge in [0.1, 0.15) is 0 Å². The van der Waals surface area contributed by atoms with Gasteiger partial charge in [-0.3, -0.25) is 4.68 Å². The third kappa shape index (κ3) is 3.31. The molecule has 0 saturated carbocycles. The van der Waals surface area contributed by atoms with Crippen LogP contribution in [0.3, 0.4) is 0 Å². The van der Waals surface area contributed by atoms with Crippen molar-refractivity contribution in [2.45, 2.75) is 18.0 Å². The second kappa shape index (κ2) is 5.97. The lowest BCUT2D eigenvalue weighted by molar-refractivity contribution is 0.416. The lowest BCUT2D eigenvalue weighted by atomic mass is 10.1. The first kappa shape index (κ1) is 14.2. The summed E-state index contributed by atoms with van der Waals surface area (Å²) < 4.78 is 29.0. The maximum Gasteiger partial charge on any atom is 0.240 e. The Morgan fingerprint density at radius 1 is 1.29 bits per heavy atom. The van der Waals surface area contributed by atoms with Crippen LogP contribution in [-0.2, 0) is 23.1 Å². The van der Waals surface area contributed by atoms with Gasteiger partial charge in [-0.25, -0.2) is 13.1 Å². The molecule has 0 bridgehead atoms. The minimum atomic E-state index is -3.44. The van der Waals surface area contributed by atoms with E-state index in [1.54, 1.807) is 36.5 Å². The Morgan fingerprint density at radius 2 is 2.10 bits per heavy atom. The number of rotatable bonds is 4. The van der Waals surface area contributed by atoms with E-state index in [1.807, 2.05) is 10.7 Å². The number of nitrogens with one attached hydrogen (secondary N) is 2. The smallest absolute Gasteiger partial charge is 0.240 e. The van der Waals surface area contributed by atoms with Crippen LogP contribution in [0.25, 0.3) is 0 Å². The molecule has 1 aliphatic rings. The highest BCUT2D eigenvalue weighted by molar-refractivity contribution is 7.89. The van der Waals surface area contributed by atoms with Crippen LogP contribution in [0, 0.1) is 5.92 Å². The molecule has 0 spiro atoms. The standard InChI is InChI=1S/C14H18N4O2S/c19-21(20,14-4-2-1-3-5-14)17-9-12-8-15-10-13-6-7-16-18(13)11-12/h1-7,12,15,17H,8-11H2/t12-/m0/s1. The maximum absolute atomic E-state index is 12.2. The summed E-state index contributed by atoms with van der Waals surface area (Å²) >= 11 is 0. The molecule has 0 saturated heterocycles. The van der Waals surface area contributed by atoms with Crippen molar-refractivity contribution in [3.63, 3.8) is 0 Å². The Labute approximate surface area is 124 Å². The molecule has 7 heteroatoms. The van der Waals surface area contributed by atoms with Crippen molar-refractivity contribution in [3.05, 3.63) is 48.3 Å². The largest absolute Gasteiger partial charge is 0.311 e. The average molecular weight is 306 g/mol. The molecular formula is C14H18N4O2S. The molecule has 0 aliphatic carbocycles. The van der Waals surface area contributed by atoms with Crippen molar-refractivity contribution in [1.29, 1.82) is 0 Å². The average Bonchev–Trinajstić information content (AvgIpc) is 2.84.